The van der Waals surface area contributed by atoms with E-state index in [9.17, 15) is 0 Å². The van der Waals surface area contributed by atoms with Gasteiger partial charge in [0.15, 0.2) is 0 Å². The van der Waals surface area contributed by atoms with Crippen LogP contribution >= 0.6 is 0 Å². The van der Waals surface area contributed by atoms with Gasteiger partial charge in [-0.05, 0) is 6.42 Å². The zero-order valence-corrected chi connectivity index (χ0v) is 10.5. The van der Waals surface area contributed by atoms with Gasteiger partial charge < -0.3 is 4.74 Å². The van der Waals surface area contributed by atoms with E-state index in [2.05, 4.69) is 13.5 Å². The van der Waals surface area contributed by atoms with Crippen molar-refractivity contribution in [1.29, 1.82) is 0 Å². The van der Waals surface area contributed by atoms with Crippen LogP contribution in [0.3, 0.4) is 0 Å². The molecule has 16 heavy (non-hydrogen) atoms. The van der Waals surface area contributed by atoms with E-state index < -0.39 is 0 Å². The van der Waals surface area contributed by atoms with E-state index in [-0.39, 0.29) is 29.6 Å². The van der Waals surface area contributed by atoms with Crippen molar-refractivity contribution in [1.82, 2.24) is 0 Å². The molecule has 0 bridgehead atoms. The second-order valence-corrected chi connectivity index (χ2v) is 4.22. The number of unbranched alkanes of at least 4 members (excludes halogenated alkanes) is 9. The number of hydrogen-bond donors (Lipinski definition) is 0. The Morgan fingerprint density at radius 1 is 0.812 bits per heavy atom. The molecule has 0 spiro atoms. The van der Waals surface area contributed by atoms with E-state index in [1.807, 2.05) is 0 Å². The normalized spacial score (nSPS) is 9.56. The Hall–Kier alpha value is 0.540. The van der Waals surface area contributed by atoms with Gasteiger partial charge in [0.2, 0.25) is 0 Å². The average molecular weight is 236 g/mol. The summed E-state index contributed by atoms with van der Waals surface area (Å²) in [4.78, 5) is 0. The molecule has 0 atom stereocenters. The Morgan fingerprint density at radius 3 is 1.69 bits per heavy atom. The summed E-state index contributed by atoms with van der Waals surface area (Å²) < 4.78 is 5.07. The molecule has 2 heteroatoms. The molecule has 0 aliphatic heterocycles. The van der Waals surface area contributed by atoms with E-state index in [0.717, 1.165) is 6.61 Å². The minimum absolute atomic E-state index is 0. The van der Waals surface area contributed by atoms with E-state index in [1.54, 1.807) is 0 Å². The first-order valence-electron chi connectivity index (χ1n) is 6.64. The molecule has 0 aromatic heterocycles. The van der Waals surface area contributed by atoms with Crippen molar-refractivity contribution in [2.45, 2.75) is 71.1 Å². The Balaban J connectivity index is 0. The van der Waals surface area contributed by atoms with E-state index in [1.165, 1.54) is 70.5 Å². The van der Waals surface area contributed by atoms with E-state index in [4.69, 9.17) is 4.74 Å². The Bertz CT molecular complexity index is 126. The van der Waals surface area contributed by atoms with Crippen LogP contribution in [-0.2, 0) is 4.74 Å². The third-order valence-electron chi connectivity index (χ3n) is 2.73. The van der Waals surface area contributed by atoms with Crippen LogP contribution in [-0.4, -0.2) is 36.2 Å². The second-order valence-electron chi connectivity index (χ2n) is 4.22. The third-order valence-corrected chi connectivity index (χ3v) is 2.73. The summed E-state index contributed by atoms with van der Waals surface area (Å²) in [6.07, 6.45) is 15.3. The van der Waals surface area contributed by atoms with Gasteiger partial charge in [-0.25, -0.2) is 0 Å². The molecule has 0 aliphatic rings. The summed E-state index contributed by atoms with van der Waals surface area (Å²) in [5, 5.41) is 0. The molecule has 92 valence electrons. The van der Waals surface area contributed by atoms with Crippen molar-refractivity contribution in [3.63, 3.8) is 0 Å². The molecular weight excluding hydrogens is 207 g/mol. The standard InChI is InChI=1S/C14H28O.Na.H/c1-3-5-6-7-8-9-10-11-12-13-14-15-4-2;;/h4H,2-3,5-14H2,1H3;;. The molecule has 0 radical (unpaired) electrons. The maximum absolute atomic E-state index is 5.07. The first-order chi connectivity index (χ1) is 7.41. The molecular formula is C14H29NaO. The molecule has 0 saturated heterocycles. The number of hydrogen-bond acceptors (Lipinski definition) is 1. The van der Waals surface area contributed by atoms with Crippen molar-refractivity contribution in [2.24, 2.45) is 0 Å². The topological polar surface area (TPSA) is 9.23 Å². The molecule has 0 saturated carbocycles. The Kier molecular flexibility index (Phi) is 21.2. The fraction of sp³-hybridized carbons (Fsp3) is 0.857. The molecule has 0 N–H and O–H groups in total. The van der Waals surface area contributed by atoms with Gasteiger partial charge >= 0.3 is 29.6 Å². The van der Waals surface area contributed by atoms with Crippen LogP contribution in [0, 0.1) is 0 Å². The van der Waals surface area contributed by atoms with Crippen molar-refractivity contribution in [2.75, 3.05) is 6.61 Å². The van der Waals surface area contributed by atoms with Crippen molar-refractivity contribution in [3.05, 3.63) is 12.8 Å². The Morgan fingerprint density at radius 2 is 1.25 bits per heavy atom. The minimum atomic E-state index is 0. The van der Waals surface area contributed by atoms with Gasteiger partial charge in [-0.3, -0.25) is 0 Å². The van der Waals surface area contributed by atoms with E-state index in [0.29, 0.717) is 0 Å². The van der Waals surface area contributed by atoms with Crippen molar-refractivity contribution >= 4 is 29.6 Å². The predicted molar refractivity (Wildman–Crippen MR) is 75.1 cm³/mol. The fourth-order valence-electron chi connectivity index (χ4n) is 1.76. The summed E-state index contributed by atoms with van der Waals surface area (Å²) >= 11 is 0. The summed E-state index contributed by atoms with van der Waals surface area (Å²) in [6.45, 7) is 6.64. The molecule has 0 amide bonds. The second kappa shape index (κ2) is 17.9. The van der Waals surface area contributed by atoms with Crippen molar-refractivity contribution in [3.8, 4) is 0 Å². The van der Waals surface area contributed by atoms with Crippen molar-refractivity contribution < 1.29 is 4.74 Å². The predicted octanol–water partition coefficient (Wildman–Crippen LogP) is 4.42. The van der Waals surface area contributed by atoms with Gasteiger partial charge in [-0.2, -0.15) is 0 Å². The van der Waals surface area contributed by atoms with Gasteiger partial charge in [0.25, 0.3) is 0 Å². The first-order valence-corrected chi connectivity index (χ1v) is 6.64. The van der Waals surface area contributed by atoms with Gasteiger partial charge in [-0.15, -0.1) is 0 Å². The summed E-state index contributed by atoms with van der Waals surface area (Å²) in [6, 6.07) is 0. The molecule has 0 rings (SSSR count). The van der Waals surface area contributed by atoms with Gasteiger partial charge in [-0.1, -0.05) is 71.3 Å². The summed E-state index contributed by atoms with van der Waals surface area (Å²) in [7, 11) is 0. The summed E-state index contributed by atoms with van der Waals surface area (Å²) in [5.41, 5.74) is 0. The molecule has 1 nitrogen and oxygen atoms in total. The van der Waals surface area contributed by atoms with Gasteiger partial charge in [0, 0.05) is 0 Å². The third kappa shape index (κ3) is 17.0. The SMILES string of the molecule is C=COCCCCCCCCCCCC.[NaH]. The van der Waals surface area contributed by atoms with Crippen LogP contribution in [0.4, 0.5) is 0 Å². The van der Waals surface area contributed by atoms with Gasteiger partial charge in [0.1, 0.15) is 0 Å². The molecule has 0 unspecified atom stereocenters. The molecule has 0 aromatic carbocycles. The maximum atomic E-state index is 5.07. The first kappa shape index (κ1) is 18.9. The van der Waals surface area contributed by atoms with Crippen LogP contribution in [0.5, 0.6) is 0 Å². The fourth-order valence-corrected chi connectivity index (χ4v) is 1.76. The average Bonchev–Trinajstić information content (AvgIpc) is 2.26. The van der Waals surface area contributed by atoms with Crippen LogP contribution in [0.2, 0.25) is 0 Å². The van der Waals surface area contributed by atoms with Crippen LogP contribution in [0.15, 0.2) is 12.8 Å². The molecule has 0 heterocycles. The molecule has 0 fully saturated rings. The quantitative estimate of drug-likeness (QED) is 0.277. The molecule has 0 aliphatic carbocycles. The van der Waals surface area contributed by atoms with Crippen LogP contribution in [0.25, 0.3) is 0 Å². The molecule has 0 aromatic rings. The number of ether oxygens (including phenoxy) is 1. The van der Waals surface area contributed by atoms with E-state index >= 15 is 0 Å². The number of rotatable bonds is 12. The zero-order valence-electron chi connectivity index (χ0n) is 10.5. The van der Waals surface area contributed by atoms with Crippen LogP contribution < -0.4 is 0 Å². The Labute approximate surface area is 124 Å². The van der Waals surface area contributed by atoms with Crippen LogP contribution in [0.1, 0.15) is 71.1 Å². The van der Waals surface area contributed by atoms with Gasteiger partial charge in [0.05, 0.1) is 12.9 Å². The zero-order chi connectivity index (χ0) is 11.2. The monoisotopic (exact) mass is 236 g/mol. The summed E-state index contributed by atoms with van der Waals surface area (Å²) in [5.74, 6) is 0.